The highest BCUT2D eigenvalue weighted by Gasteiger charge is 2.20. The van der Waals surface area contributed by atoms with Crippen molar-refractivity contribution in [2.24, 2.45) is 0 Å². The SMILES string of the molecule is COCCNS(=O)(=O)c1ccc(CCNC2CC2)s1. The molecular weight excluding hydrogens is 284 g/mol. The van der Waals surface area contributed by atoms with Crippen molar-refractivity contribution in [3.8, 4) is 0 Å². The van der Waals surface area contributed by atoms with Gasteiger partial charge in [-0.25, -0.2) is 13.1 Å². The second kappa shape index (κ2) is 6.81. The minimum Gasteiger partial charge on any atom is -0.383 e. The van der Waals surface area contributed by atoms with E-state index in [9.17, 15) is 8.42 Å². The highest BCUT2D eigenvalue weighted by atomic mass is 32.2. The van der Waals surface area contributed by atoms with Gasteiger partial charge in [-0.3, -0.25) is 0 Å². The Morgan fingerprint density at radius 3 is 2.84 bits per heavy atom. The number of thiophene rings is 1. The summed E-state index contributed by atoms with van der Waals surface area (Å²) in [6, 6.07) is 4.26. The molecule has 1 heterocycles. The summed E-state index contributed by atoms with van der Waals surface area (Å²) >= 11 is 1.34. The Bertz CT molecular complexity index is 495. The van der Waals surface area contributed by atoms with Gasteiger partial charge < -0.3 is 10.1 Å². The second-order valence-electron chi connectivity index (χ2n) is 4.59. The maximum absolute atomic E-state index is 11.9. The zero-order valence-electron chi connectivity index (χ0n) is 11.0. The van der Waals surface area contributed by atoms with E-state index in [1.54, 1.807) is 13.2 Å². The molecule has 19 heavy (non-hydrogen) atoms. The molecule has 1 aliphatic rings. The van der Waals surface area contributed by atoms with Gasteiger partial charge in [0.05, 0.1) is 6.61 Å². The van der Waals surface area contributed by atoms with Gasteiger partial charge in [0.15, 0.2) is 0 Å². The highest BCUT2D eigenvalue weighted by molar-refractivity contribution is 7.91. The number of sulfonamides is 1. The van der Waals surface area contributed by atoms with E-state index in [0.717, 1.165) is 17.8 Å². The molecule has 0 amide bonds. The van der Waals surface area contributed by atoms with E-state index >= 15 is 0 Å². The van der Waals surface area contributed by atoms with Gasteiger partial charge in [-0.1, -0.05) is 0 Å². The summed E-state index contributed by atoms with van der Waals surface area (Å²) in [5.41, 5.74) is 0. The number of rotatable bonds is 9. The van der Waals surface area contributed by atoms with Gasteiger partial charge in [0, 0.05) is 31.1 Å². The molecule has 1 aromatic rings. The largest absolute Gasteiger partial charge is 0.383 e. The van der Waals surface area contributed by atoms with E-state index in [1.165, 1.54) is 24.2 Å². The van der Waals surface area contributed by atoms with Crippen molar-refractivity contribution in [2.45, 2.75) is 29.5 Å². The molecule has 0 spiro atoms. The first-order chi connectivity index (χ1) is 9.12. The van der Waals surface area contributed by atoms with Crippen LogP contribution in [0.5, 0.6) is 0 Å². The number of nitrogens with one attached hydrogen (secondary N) is 2. The summed E-state index contributed by atoms with van der Waals surface area (Å²) in [4.78, 5) is 1.10. The molecular formula is C12H20N2O3S2. The number of ether oxygens (including phenoxy) is 1. The molecule has 1 aromatic heterocycles. The van der Waals surface area contributed by atoms with Gasteiger partial charge in [-0.05, 0) is 31.4 Å². The fraction of sp³-hybridized carbons (Fsp3) is 0.667. The first kappa shape index (κ1) is 14.9. The maximum atomic E-state index is 11.9. The fourth-order valence-electron chi connectivity index (χ4n) is 1.67. The third-order valence-electron chi connectivity index (χ3n) is 2.88. The molecule has 5 nitrogen and oxygen atoms in total. The van der Waals surface area contributed by atoms with Crippen LogP contribution in [0.25, 0.3) is 0 Å². The average molecular weight is 304 g/mol. The van der Waals surface area contributed by atoms with Gasteiger partial charge in [0.25, 0.3) is 0 Å². The molecule has 0 radical (unpaired) electrons. The molecule has 0 aromatic carbocycles. The topological polar surface area (TPSA) is 67.4 Å². The molecule has 0 bridgehead atoms. The lowest BCUT2D eigenvalue weighted by Crippen LogP contribution is -2.26. The summed E-state index contributed by atoms with van der Waals surface area (Å²) in [5, 5.41) is 3.42. The Morgan fingerprint density at radius 2 is 2.16 bits per heavy atom. The standard InChI is InChI=1S/C12H20N2O3S2/c1-17-9-8-14-19(15,16)12-5-4-11(18-12)6-7-13-10-2-3-10/h4-5,10,13-14H,2-3,6-9H2,1H3. The van der Waals surface area contributed by atoms with Gasteiger partial charge in [0.2, 0.25) is 10.0 Å². The van der Waals surface area contributed by atoms with Crippen LogP contribution in [0.4, 0.5) is 0 Å². The Hall–Kier alpha value is -0.470. The Kier molecular flexibility index (Phi) is 5.35. The third kappa shape index (κ3) is 4.85. The summed E-state index contributed by atoms with van der Waals surface area (Å²) in [5.74, 6) is 0. The Labute approximate surface area is 118 Å². The van der Waals surface area contributed by atoms with Crippen LogP contribution >= 0.6 is 11.3 Å². The van der Waals surface area contributed by atoms with E-state index in [2.05, 4.69) is 10.0 Å². The van der Waals surface area contributed by atoms with E-state index in [0.29, 0.717) is 23.4 Å². The summed E-state index contributed by atoms with van der Waals surface area (Å²) in [6.45, 7) is 1.60. The average Bonchev–Trinajstić information content (AvgIpc) is 3.05. The summed E-state index contributed by atoms with van der Waals surface area (Å²) in [7, 11) is -1.83. The van der Waals surface area contributed by atoms with Crippen LogP contribution in [0.2, 0.25) is 0 Å². The van der Waals surface area contributed by atoms with Crippen molar-refractivity contribution in [1.29, 1.82) is 0 Å². The van der Waals surface area contributed by atoms with E-state index in [-0.39, 0.29) is 0 Å². The van der Waals surface area contributed by atoms with Gasteiger partial charge in [0.1, 0.15) is 4.21 Å². The molecule has 108 valence electrons. The lowest BCUT2D eigenvalue weighted by Gasteiger charge is -2.03. The minimum atomic E-state index is -3.37. The fourth-order valence-corrected chi connectivity index (χ4v) is 4.09. The van der Waals surface area contributed by atoms with Crippen LogP contribution in [0, 0.1) is 0 Å². The van der Waals surface area contributed by atoms with Crippen molar-refractivity contribution >= 4 is 21.4 Å². The van der Waals surface area contributed by atoms with Gasteiger partial charge in [-0.2, -0.15) is 0 Å². The molecule has 0 atom stereocenters. The summed E-state index contributed by atoms with van der Waals surface area (Å²) < 4.78 is 31.6. The smallest absolute Gasteiger partial charge is 0.250 e. The van der Waals surface area contributed by atoms with E-state index in [4.69, 9.17) is 4.74 Å². The van der Waals surface area contributed by atoms with Crippen LogP contribution in [0.3, 0.4) is 0 Å². The predicted molar refractivity (Wildman–Crippen MR) is 76.1 cm³/mol. The monoisotopic (exact) mass is 304 g/mol. The zero-order chi connectivity index (χ0) is 13.7. The van der Waals surface area contributed by atoms with Crippen molar-refractivity contribution in [2.75, 3.05) is 26.8 Å². The quantitative estimate of drug-likeness (QED) is 0.667. The van der Waals surface area contributed by atoms with Crippen molar-refractivity contribution in [1.82, 2.24) is 10.0 Å². The van der Waals surface area contributed by atoms with Crippen LogP contribution < -0.4 is 10.0 Å². The van der Waals surface area contributed by atoms with Gasteiger partial charge >= 0.3 is 0 Å². The van der Waals surface area contributed by atoms with Crippen LogP contribution in [-0.4, -0.2) is 41.3 Å². The van der Waals surface area contributed by atoms with Crippen molar-refractivity contribution < 1.29 is 13.2 Å². The lowest BCUT2D eigenvalue weighted by atomic mass is 10.3. The molecule has 0 saturated heterocycles. The molecule has 2 rings (SSSR count). The first-order valence-electron chi connectivity index (χ1n) is 6.42. The second-order valence-corrected chi connectivity index (χ2v) is 7.75. The Morgan fingerprint density at radius 1 is 1.37 bits per heavy atom. The molecule has 1 saturated carbocycles. The summed E-state index contributed by atoms with van der Waals surface area (Å²) in [6.07, 6.45) is 3.43. The zero-order valence-corrected chi connectivity index (χ0v) is 12.6. The Balaban J connectivity index is 1.83. The molecule has 1 aliphatic carbocycles. The highest BCUT2D eigenvalue weighted by Crippen LogP contribution is 2.22. The minimum absolute atomic E-state index is 0.301. The molecule has 7 heteroatoms. The van der Waals surface area contributed by atoms with Crippen molar-refractivity contribution in [3.63, 3.8) is 0 Å². The molecule has 2 N–H and O–H groups in total. The number of hydrogen-bond donors (Lipinski definition) is 2. The van der Waals surface area contributed by atoms with E-state index < -0.39 is 10.0 Å². The van der Waals surface area contributed by atoms with E-state index in [1.807, 2.05) is 6.07 Å². The molecule has 1 fully saturated rings. The first-order valence-corrected chi connectivity index (χ1v) is 8.72. The van der Waals surface area contributed by atoms with Crippen molar-refractivity contribution in [3.05, 3.63) is 17.0 Å². The normalized spacial score (nSPS) is 15.8. The maximum Gasteiger partial charge on any atom is 0.250 e. The molecule has 0 unspecified atom stereocenters. The lowest BCUT2D eigenvalue weighted by molar-refractivity contribution is 0.204. The predicted octanol–water partition coefficient (Wildman–Crippen LogP) is 0.967. The van der Waals surface area contributed by atoms with Crippen LogP contribution in [0.1, 0.15) is 17.7 Å². The van der Waals surface area contributed by atoms with Crippen LogP contribution in [0.15, 0.2) is 16.3 Å². The number of hydrogen-bond acceptors (Lipinski definition) is 5. The number of methoxy groups -OCH3 is 1. The van der Waals surface area contributed by atoms with Crippen LogP contribution in [-0.2, 0) is 21.2 Å². The molecule has 0 aliphatic heterocycles. The van der Waals surface area contributed by atoms with Gasteiger partial charge in [-0.15, -0.1) is 11.3 Å². The third-order valence-corrected chi connectivity index (χ3v) is 5.98.